The molecule has 0 spiro atoms. The third-order valence-electron chi connectivity index (χ3n) is 21.1. The molecule has 0 bridgehead atoms. The molecule has 4 fully saturated rings. The Morgan fingerprint density at radius 1 is 0.500 bits per heavy atom. The predicted octanol–water partition coefficient (Wildman–Crippen LogP) is 14.3. The van der Waals surface area contributed by atoms with Gasteiger partial charge in [0.15, 0.2) is 0 Å². The van der Waals surface area contributed by atoms with Crippen LogP contribution in [0.5, 0.6) is 0 Å². The Labute approximate surface area is 606 Å². The first-order chi connectivity index (χ1) is 49.6. The van der Waals surface area contributed by atoms with Crippen molar-refractivity contribution in [3.8, 4) is 0 Å². The smallest absolute Gasteiger partial charge is 0.410 e. The van der Waals surface area contributed by atoms with Crippen LogP contribution in [-0.4, -0.2) is 159 Å². The molecule has 4 amide bonds. The lowest BCUT2D eigenvalue weighted by molar-refractivity contribution is -0.140. The standard InChI is InChI=1S/2C40H46ClFN6O3/c2*1-28-24-45(27-44-28)17-8-18-47(25-29-9-4-2-5-10-29)39(49)36-26-46(19-20-48(36)40(50)51-34-11-6-3-7-12-34)38-35-16-15-32(41)21-30(35)13-14-31-22-33(42)23-43-37(31)38/h2*2,4-5,9-10,15-16,21-24,27,34,36,38H,3,6-8,11-14,17-20,25-26H2,1H3/t36-,38+;36-,38-/m11/s1. The van der Waals surface area contributed by atoms with Gasteiger partial charge in [0.2, 0.25) is 11.8 Å². The number of fused-ring (bicyclic) bond motifs is 4. The maximum absolute atomic E-state index is 15.0. The number of hydrogen-bond acceptors (Lipinski definition) is 12. The molecule has 536 valence electrons. The highest BCUT2D eigenvalue weighted by molar-refractivity contribution is 6.31. The number of carbonyl (C=O) groups excluding carboxylic acids is 4. The number of piperazine rings is 2. The van der Waals surface area contributed by atoms with Crippen LogP contribution in [0.2, 0.25) is 10.0 Å². The number of pyridine rings is 2. The van der Waals surface area contributed by atoms with Crippen LogP contribution in [0.1, 0.15) is 156 Å². The molecule has 4 aliphatic carbocycles. The van der Waals surface area contributed by atoms with Crippen LogP contribution in [-0.2, 0) is 70.9 Å². The first kappa shape index (κ1) is 71.8. The fourth-order valence-corrected chi connectivity index (χ4v) is 16.3. The molecular weight excluding hydrogens is 1330 g/mol. The summed E-state index contributed by atoms with van der Waals surface area (Å²) in [6, 6.07) is 32.6. The topological polar surface area (TPSA) is 168 Å². The Morgan fingerprint density at radius 3 is 1.29 bits per heavy atom. The van der Waals surface area contributed by atoms with Gasteiger partial charge in [-0.25, -0.2) is 28.3 Å². The Kier molecular flexibility index (Phi) is 23.7. The lowest BCUT2D eigenvalue weighted by atomic mass is 9.95. The SMILES string of the molecule is Cc1cn(CCCN(Cc2ccccc2)C(=O)[C@H]2CN([C@@H]3c4ccc(Cl)cc4CCc4cc(F)cnc43)CCN2C(=O)OC2CCCCC2)cn1.Cc1cn(CCCN(Cc2ccccc2)C(=O)[C@H]2CN([C@H]3c4ccc(Cl)cc4CCc4cc(F)cnc43)CCN2C(=O)OC2CCCCC2)cn1. The molecule has 8 aromatic rings. The van der Waals surface area contributed by atoms with E-state index in [2.05, 4.69) is 29.7 Å². The van der Waals surface area contributed by atoms with Gasteiger partial charge in [-0.15, -0.1) is 0 Å². The average Bonchev–Trinajstić information content (AvgIpc) is 1.49. The molecular formula is C80H92Cl2F2N12O6. The van der Waals surface area contributed by atoms with Crippen molar-refractivity contribution in [1.82, 2.24) is 58.5 Å². The minimum atomic E-state index is -0.794. The van der Waals surface area contributed by atoms with Crippen molar-refractivity contribution in [2.24, 2.45) is 0 Å². The highest BCUT2D eigenvalue weighted by Gasteiger charge is 2.45. The number of aryl methyl sites for hydroxylation is 8. The van der Waals surface area contributed by atoms with Gasteiger partial charge in [0.05, 0.1) is 59.9 Å². The summed E-state index contributed by atoms with van der Waals surface area (Å²) in [6.45, 7) is 9.34. The van der Waals surface area contributed by atoms with Crippen molar-refractivity contribution in [3.63, 3.8) is 0 Å². The summed E-state index contributed by atoms with van der Waals surface area (Å²) in [5, 5.41) is 1.28. The van der Waals surface area contributed by atoms with Crippen molar-refractivity contribution in [2.75, 3.05) is 52.4 Å². The number of carbonyl (C=O) groups is 4. The van der Waals surface area contributed by atoms with Crippen molar-refractivity contribution >= 4 is 47.2 Å². The maximum Gasteiger partial charge on any atom is 0.410 e. The summed E-state index contributed by atoms with van der Waals surface area (Å²) >= 11 is 13.0. The van der Waals surface area contributed by atoms with E-state index in [0.29, 0.717) is 101 Å². The molecule has 4 atom stereocenters. The van der Waals surface area contributed by atoms with Crippen LogP contribution in [0.4, 0.5) is 18.4 Å². The molecule has 18 nitrogen and oxygen atoms in total. The van der Waals surface area contributed by atoms with Gasteiger partial charge in [-0.3, -0.25) is 39.2 Å². The van der Waals surface area contributed by atoms with Gasteiger partial charge in [-0.05, 0) is 185 Å². The lowest BCUT2D eigenvalue weighted by Crippen LogP contribution is -2.62. The fourth-order valence-electron chi connectivity index (χ4n) is 15.9. The van der Waals surface area contributed by atoms with Gasteiger partial charge in [0, 0.05) is 101 Å². The predicted molar refractivity (Wildman–Crippen MR) is 388 cm³/mol. The van der Waals surface area contributed by atoms with Gasteiger partial charge in [0.25, 0.3) is 0 Å². The van der Waals surface area contributed by atoms with E-state index in [0.717, 1.165) is 144 Å². The maximum atomic E-state index is 15.0. The van der Waals surface area contributed by atoms with Crippen LogP contribution in [0.15, 0.2) is 147 Å². The van der Waals surface area contributed by atoms with Crippen LogP contribution >= 0.6 is 23.2 Å². The summed E-state index contributed by atoms with van der Waals surface area (Å²) in [6.07, 6.45) is 23.0. The minimum Gasteiger partial charge on any atom is -0.446 e. The van der Waals surface area contributed by atoms with Crippen molar-refractivity contribution in [2.45, 2.75) is 179 Å². The summed E-state index contributed by atoms with van der Waals surface area (Å²) in [5.74, 6) is -0.990. The molecule has 6 heterocycles. The number of rotatable bonds is 18. The summed E-state index contributed by atoms with van der Waals surface area (Å²) in [4.78, 5) is 87.6. The Balaban J connectivity index is 0.000000182. The van der Waals surface area contributed by atoms with Crippen LogP contribution < -0.4 is 0 Å². The van der Waals surface area contributed by atoms with Gasteiger partial charge in [-0.1, -0.05) is 109 Å². The van der Waals surface area contributed by atoms with E-state index in [4.69, 9.17) is 32.7 Å². The zero-order valence-electron chi connectivity index (χ0n) is 58.4. The molecule has 4 aromatic heterocycles. The van der Waals surface area contributed by atoms with Crippen molar-refractivity contribution in [1.29, 1.82) is 0 Å². The first-order valence-electron chi connectivity index (χ1n) is 36.5. The lowest BCUT2D eigenvalue weighted by Gasteiger charge is -2.45. The molecule has 0 N–H and O–H groups in total. The number of ether oxygens (including phenoxy) is 2. The van der Waals surface area contributed by atoms with E-state index in [1.807, 2.05) is 155 Å². The largest absolute Gasteiger partial charge is 0.446 e. The van der Waals surface area contributed by atoms with Crippen LogP contribution in [0.3, 0.4) is 0 Å². The van der Waals surface area contributed by atoms with E-state index in [9.17, 15) is 28.0 Å². The van der Waals surface area contributed by atoms with Crippen LogP contribution in [0.25, 0.3) is 0 Å². The number of halogens is 4. The van der Waals surface area contributed by atoms with E-state index >= 15 is 0 Å². The highest BCUT2D eigenvalue weighted by Crippen LogP contribution is 2.41. The first-order valence-corrected chi connectivity index (χ1v) is 37.3. The highest BCUT2D eigenvalue weighted by atomic mass is 35.5. The van der Waals surface area contributed by atoms with Gasteiger partial charge < -0.3 is 28.4 Å². The van der Waals surface area contributed by atoms with Crippen LogP contribution in [0, 0.1) is 25.5 Å². The monoisotopic (exact) mass is 1420 g/mol. The van der Waals surface area contributed by atoms with Crippen molar-refractivity contribution in [3.05, 3.63) is 236 Å². The second kappa shape index (κ2) is 33.7. The molecule has 0 radical (unpaired) electrons. The Morgan fingerprint density at radius 2 is 0.902 bits per heavy atom. The quantitative estimate of drug-likeness (QED) is 0.0798. The number of benzene rings is 4. The van der Waals surface area contributed by atoms with E-state index in [1.165, 1.54) is 12.4 Å². The number of imidazole rings is 2. The zero-order valence-corrected chi connectivity index (χ0v) is 60.0. The Bertz CT molecular complexity index is 3820. The number of amides is 4. The zero-order chi connectivity index (χ0) is 70.6. The molecule has 14 rings (SSSR count). The molecule has 6 aliphatic rings. The molecule has 4 aromatic carbocycles. The number of nitrogens with zero attached hydrogens (tertiary/aromatic N) is 12. The normalized spacial score (nSPS) is 19.5. The fraction of sp³-hybridized carbons (Fsp3) is 0.450. The molecule has 22 heteroatoms. The summed E-state index contributed by atoms with van der Waals surface area (Å²) in [7, 11) is 0. The molecule has 0 unspecified atom stereocenters. The summed E-state index contributed by atoms with van der Waals surface area (Å²) < 4.78 is 45.4. The minimum absolute atomic E-state index is 0.122. The second-order valence-corrected chi connectivity index (χ2v) is 29.2. The van der Waals surface area contributed by atoms with Gasteiger partial charge in [-0.2, -0.15) is 0 Å². The Hall–Kier alpha value is -8.56. The second-order valence-electron chi connectivity index (χ2n) is 28.3. The number of hydrogen-bond donors (Lipinski definition) is 0. The number of aromatic nitrogens is 6. The van der Waals surface area contributed by atoms with E-state index in [-0.39, 0.29) is 60.8 Å². The van der Waals surface area contributed by atoms with E-state index in [1.54, 1.807) is 21.9 Å². The molecule has 102 heavy (non-hydrogen) atoms. The average molecular weight is 1430 g/mol. The molecule has 2 aliphatic heterocycles. The molecule has 2 saturated carbocycles. The van der Waals surface area contributed by atoms with E-state index < -0.39 is 24.3 Å². The van der Waals surface area contributed by atoms with Gasteiger partial charge >= 0.3 is 12.2 Å². The summed E-state index contributed by atoms with van der Waals surface area (Å²) in [5.41, 5.74) is 11.4. The van der Waals surface area contributed by atoms with Crippen molar-refractivity contribution < 1.29 is 37.4 Å². The van der Waals surface area contributed by atoms with Gasteiger partial charge in [0.1, 0.15) is 35.9 Å². The third kappa shape index (κ3) is 17.7. The third-order valence-corrected chi connectivity index (χ3v) is 21.6. The molecule has 2 saturated heterocycles.